The lowest BCUT2D eigenvalue weighted by molar-refractivity contribution is -0.137. The Hall–Kier alpha value is -1.49. The summed E-state index contributed by atoms with van der Waals surface area (Å²) >= 11 is 0. The molecular weight excluding hydrogens is 356 g/mol. The van der Waals surface area contributed by atoms with Crippen molar-refractivity contribution < 1.29 is 26.7 Å². The Labute approximate surface area is 141 Å². The topological polar surface area (TPSA) is 112 Å². The molecule has 0 aliphatic carbocycles. The quantitative estimate of drug-likeness (QED) is 0.777. The molecule has 0 saturated carbocycles. The van der Waals surface area contributed by atoms with Crippen LogP contribution in [0.25, 0.3) is 0 Å². The molecule has 10 heteroatoms. The van der Waals surface area contributed by atoms with Crippen LogP contribution in [-0.4, -0.2) is 63.2 Å². The number of benzene rings is 1. The summed E-state index contributed by atoms with van der Waals surface area (Å²) in [7, 11) is -6.70. The van der Waals surface area contributed by atoms with Crippen LogP contribution >= 0.6 is 0 Å². The number of hydrogen-bond acceptors (Lipinski definition) is 5. The Morgan fingerprint density at radius 1 is 1.12 bits per heavy atom. The third-order valence-corrected chi connectivity index (χ3v) is 7.52. The Morgan fingerprint density at radius 3 is 2.29 bits per heavy atom. The van der Waals surface area contributed by atoms with Gasteiger partial charge in [-0.15, -0.1) is 0 Å². The number of sulfonamides is 2. The molecule has 0 atom stereocenters. The van der Waals surface area contributed by atoms with Crippen LogP contribution in [0.1, 0.15) is 19.3 Å². The molecule has 134 valence electrons. The summed E-state index contributed by atoms with van der Waals surface area (Å²) in [6.07, 6.45) is 2.53. The second kappa shape index (κ2) is 7.18. The van der Waals surface area contributed by atoms with E-state index in [2.05, 4.69) is 0 Å². The first-order valence-corrected chi connectivity index (χ1v) is 10.3. The summed E-state index contributed by atoms with van der Waals surface area (Å²) in [5, 5.41) is 8.74. The van der Waals surface area contributed by atoms with E-state index < -0.39 is 32.6 Å². The third-order valence-electron chi connectivity index (χ3n) is 3.82. The van der Waals surface area contributed by atoms with Gasteiger partial charge >= 0.3 is 5.97 Å². The predicted molar refractivity (Wildman–Crippen MR) is 86.5 cm³/mol. The number of likely N-dealkylation sites (N-methyl/N-ethyl adjacent to an activating group) is 1. The molecule has 0 unspecified atom stereocenters. The minimum absolute atomic E-state index is 0.103. The van der Waals surface area contributed by atoms with Crippen LogP contribution in [0.5, 0.6) is 0 Å². The molecule has 1 aromatic carbocycles. The van der Waals surface area contributed by atoms with Crippen molar-refractivity contribution in [2.75, 3.05) is 26.7 Å². The molecule has 8 nitrogen and oxygen atoms in total. The van der Waals surface area contributed by atoms with Crippen molar-refractivity contribution in [1.29, 1.82) is 0 Å². The van der Waals surface area contributed by atoms with Crippen LogP contribution in [0, 0.1) is 0 Å². The highest BCUT2D eigenvalue weighted by molar-refractivity contribution is 7.90. The average Bonchev–Trinajstić information content (AvgIpc) is 2.55. The zero-order valence-electron chi connectivity index (χ0n) is 13.3. The first-order valence-electron chi connectivity index (χ1n) is 7.44. The molecule has 1 fully saturated rings. The zero-order valence-corrected chi connectivity index (χ0v) is 14.9. The summed E-state index contributed by atoms with van der Waals surface area (Å²) in [4.78, 5) is 10.4. The van der Waals surface area contributed by atoms with Gasteiger partial charge in [0.05, 0.1) is 9.79 Å². The van der Waals surface area contributed by atoms with Gasteiger partial charge in [-0.05, 0) is 31.0 Å². The molecule has 1 heterocycles. The van der Waals surface area contributed by atoms with E-state index in [1.165, 1.54) is 22.5 Å². The highest BCUT2D eigenvalue weighted by Crippen LogP contribution is 2.23. The zero-order chi connectivity index (χ0) is 18.0. The number of piperidine rings is 1. The molecule has 1 aromatic rings. The van der Waals surface area contributed by atoms with Crippen molar-refractivity contribution in [3.63, 3.8) is 0 Å². The van der Waals surface area contributed by atoms with Gasteiger partial charge in [-0.1, -0.05) is 12.5 Å². The number of carboxylic acids is 1. The highest BCUT2D eigenvalue weighted by atomic mass is 32.2. The monoisotopic (exact) mass is 376 g/mol. The molecule has 0 spiro atoms. The normalized spacial score (nSPS) is 17.1. The predicted octanol–water partition coefficient (Wildman–Crippen LogP) is 0.566. The number of aliphatic carboxylic acids is 1. The fourth-order valence-electron chi connectivity index (χ4n) is 2.50. The number of carbonyl (C=O) groups is 1. The fraction of sp³-hybridized carbons (Fsp3) is 0.500. The minimum atomic E-state index is -4.08. The average molecular weight is 376 g/mol. The Bertz CT molecular complexity index is 813. The van der Waals surface area contributed by atoms with E-state index in [1.807, 2.05) is 0 Å². The maximum Gasteiger partial charge on any atom is 0.318 e. The molecule has 0 radical (unpaired) electrons. The second-order valence-corrected chi connectivity index (χ2v) is 9.58. The third kappa shape index (κ3) is 3.94. The maximum absolute atomic E-state index is 12.6. The van der Waals surface area contributed by atoms with Gasteiger partial charge in [-0.25, -0.2) is 16.8 Å². The number of rotatable bonds is 6. The molecule has 24 heavy (non-hydrogen) atoms. The van der Waals surface area contributed by atoms with Crippen molar-refractivity contribution in [3.05, 3.63) is 24.3 Å². The molecule has 1 saturated heterocycles. The van der Waals surface area contributed by atoms with E-state index in [1.54, 1.807) is 0 Å². The Morgan fingerprint density at radius 2 is 1.71 bits per heavy atom. The van der Waals surface area contributed by atoms with Crippen molar-refractivity contribution in [2.45, 2.75) is 29.1 Å². The van der Waals surface area contributed by atoms with Crippen molar-refractivity contribution >= 4 is 26.0 Å². The lowest BCUT2D eigenvalue weighted by atomic mass is 10.2. The molecule has 2 rings (SSSR count). The lowest BCUT2D eigenvalue weighted by Crippen LogP contribution is -2.36. The largest absolute Gasteiger partial charge is 0.480 e. The van der Waals surface area contributed by atoms with Crippen molar-refractivity contribution in [1.82, 2.24) is 8.61 Å². The van der Waals surface area contributed by atoms with Crippen LogP contribution in [0.4, 0.5) is 0 Å². The van der Waals surface area contributed by atoms with Crippen LogP contribution < -0.4 is 0 Å². The number of carboxylic acid groups (broad SMARTS) is 1. The van der Waals surface area contributed by atoms with E-state index in [4.69, 9.17) is 5.11 Å². The molecule has 1 N–H and O–H groups in total. The summed E-state index contributed by atoms with van der Waals surface area (Å²) in [5.74, 6) is -1.29. The van der Waals surface area contributed by atoms with Crippen LogP contribution in [0.15, 0.2) is 34.1 Å². The first kappa shape index (κ1) is 18.8. The van der Waals surface area contributed by atoms with E-state index in [0.29, 0.717) is 17.4 Å². The van der Waals surface area contributed by atoms with Gasteiger partial charge in [0, 0.05) is 20.1 Å². The highest BCUT2D eigenvalue weighted by Gasteiger charge is 2.28. The van der Waals surface area contributed by atoms with E-state index >= 15 is 0 Å². The molecular formula is C14H20N2O6S2. The van der Waals surface area contributed by atoms with Crippen LogP contribution in [0.2, 0.25) is 0 Å². The number of hydrogen-bond donors (Lipinski definition) is 1. The summed E-state index contributed by atoms with van der Waals surface area (Å²) in [6, 6.07) is 5.03. The van der Waals surface area contributed by atoms with Gasteiger partial charge < -0.3 is 5.11 Å². The van der Waals surface area contributed by atoms with Gasteiger partial charge in [0.25, 0.3) is 0 Å². The Kier molecular flexibility index (Phi) is 5.63. The van der Waals surface area contributed by atoms with Crippen LogP contribution in [0.3, 0.4) is 0 Å². The van der Waals surface area contributed by atoms with Gasteiger partial charge in [0.2, 0.25) is 20.0 Å². The van der Waals surface area contributed by atoms with Crippen molar-refractivity contribution in [3.8, 4) is 0 Å². The van der Waals surface area contributed by atoms with E-state index in [-0.39, 0.29) is 9.79 Å². The maximum atomic E-state index is 12.6. The van der Waals surface area contributed by atoms with Gasteiger partial charge in [-0.2, -0.15) is 8.61 Å². The Balaban J connectivity index is 2.36. The summed E-state index contributed by atoms with van der Waals surface area (Å²) < 4.78 is 52.0. The standard InChI is InChI=1S/C14H20N2O6S2/c1-15(11-14(17)18)23(19,20)12-6-5-7-13(10-12)24(21,22)16-8-3-2-4-9-16/h5-7,10H,2-4,8-9,11H2,1H3,(H,17,18). The summed E-state index contributed by atoms with van der Waals surface area (Å²) in [6.45, 7) is 0.127. The lowest BCUT2D eigenvalue weighted by Gasteiger charge is -2.26. The number of nitrogens with zero attached hydrogens (tertiary/aromatic N) is 2. The molecule has 0 aromatic heterocycles. The SMILES string of the molecule is CN(CC(=O)O)S(=O)(=O)c1cccc(S(=O)(=O)N2CCCCC2)c1. The smallest absolute Gasteiger partial charge is 0.318 e. The van der Waals surface area contributed by atoms with Crippen molar-refractivity contribution in [2.24, 2.45) is 0 Å². The molecule has 0 amide bonds. The molecule has 0 bridgehead atoms. The van der Waals surface area contributed by atoms with Gasteiger partial charge in [0.1, 0.15) is 6.54 Å². The summed E-state index contributed by atoms with van der Waals surface area (Å²) in [5.41, 5.74) is 0. The van der Waals surface area contributed by atoms with E-state index in [9.17, 15) is 21.6 Å². The molecule has 1 aliphatic heterocycles. The molecule has 1 aliphatic rings. The van der Waals surface area contributed by atoms with E-state index in [0.717, 1.165) is 32.4 Å². The minimum Gasteiger partial charge on any atom is -0.480 e. The fourth-order valence-corrected chi connectivity index (χ4v) is 5.31. The van der Waals surface area contributed by atoms with Crippen LogP contribution in [-0.2, 0) is 24.8 Å². The van der Waals surface area contributed by atoms with Gasteiger partial charge in [-0.3, -0.25) is 4.79 Å². The first-order chi connectivity index (χ1) is 11.2. The van der Waals surface area contributed by atoms with Gasteiger partial charge in [0.15, 0.2) is 0 Å². The second-order valence-electron chi connectivity index (χ2n) is 5.59.